The molecule has 0 bridgehead atoms. The first-order valence-electron chi connectivity index (χ1n) is 6.21. The molecule has 0 N–H and O–H groups in total. The minimum atomic E-state index is -0.179. The van der Waals surface area contributed by atoms with Crippen LogP contribution in [0, 0.1) is 0 Å². The maximum absolute atomic E-state index is 12.3. The van der Waals surface area contributed by atoms with Crippen molar-refractivity contribution in [3.8, 4) is 11.5 Å². The van der Waals surface area contributed by atoms with Gasteiger partial charge in [-0.15, -0.1) is 5.06 Å². The van der Waals surface area contributed by atoms with Crippen LogP contribution >= 0.6 is 27.5 Å². The van der Waals surface area contributed by atoms with Gasteiger partial charge in [-0.3, -0.25) is 4.79 Å². The molecule has 1 heterocycles. The summed E-state index contributed by atoms with van der Waals surface area (Å²) in [5.74, 6) is 0.981. The summed E-state index contributed by atoms with van der Waals surface area (Å²) in [6.45, 7) is 0. The lowest BCUT2D eigenvalue weighted by Gasteiger charge is -2.29. The van der Waals surface area contributed by atoms with E-state index in [1.165, 1.54) is 12.2 Å². The van der Waals surface area contributed by atoms with E-state index in [2.05, 4.69) is 15.9 Å². The third-order valence-electron chi connectivity index (χ3n) is 3.14. The number of rotatable bonds is 2. The second kappa shape index (κ2) is 5.58. The van der Waals surface area contributed by atoms with E-state index in [1.54, 1.807) is 18.2 Å². The lowest BCUT2D eigenvalue weighted by Crippen LogP contribution is -2.39. The van der Waals surface area contributed by atoms with Gasteiger partial charge in [-0.25, -0.2) is 0 Å². The van der Waals surface area contributed by atoms with Gasteiger partial charge in [0.2, 0.25) is 0 Å². The molecule has 0 saturated heterocycles. The number of benzene rings is 2. The minimum Gasteiger partial charge on any atom is -0.494 e. The second-order valence-corrected chi connectivity index (χ2v) is 5.88. The number of fused-ring (bicyclic) bond motifs is 1. The molecule has 0 aromatic heterocycles. The van der Waals surface area contributed by atoms with Gasteiger partial charge in [0.05, 0.1) is 13.5 Å². The summed E-state index contributed by atoms with van der Waals surface area (Å²) in [7, 11) is 1.53. The molecule has 108 valence electrons. The summed E-state index contributed by atoms with van der Waals surface area (Å²) in [4.78, 5) is 18.0. The van der Waals surface area contributed by atoms with Crippen LogP contribution in [0.1, 0.15) is 5.56 Å². The van der Waals surface area contributed by atoms with Crippen molar-refractivity contribution < 1.29 is 14.4 Å². The van der Waals surface area contributed by atoms with Crippen LogP contribution in [-0.2, 0) is 11.2 Å². The van der Waals surface area contributed by atoms with Crippen LogP contribution in [0.25, 0.3) is 0 Å². The third kappa shape index (κ3) is 2.71. The number of methoxy groups -OCH3 is 1. The van der Waals surface area contributed by atoms with Gasteiger partial charge in [0.25, 0.3) is 5.91 Å². The number of carbonyl (C=O) groups excluding carboxylic acids is 1. The van der Waals surface area contributed by atoms with Gasteiger partial charge in [-0.1, -0.05) is 27.5 Å². The molecule has 0 unspecified atom stereocenters. The fraction of sp³-hybridized carbons (Fsp3) is 0.133. The third-order valence-corrected chi connectivity index (χ3v) is 3.87. The van der Waals surface area contributed by atoms with E-state index in [0.29, 0.717) is 22.2 Å². The molecule has 4 nitrogen and oxygen atoms in total. The van der Waals surface area contributed by atoms with E-state index in [-0.39, 0.29) is 12.3 Å². The quantitative estimate of drug-likeness (QED) is 0.804. The molecule has 0 saturated carbocycles. The van der Waals surface area contributed by atoms with Crippen LogP contribution in [0.15, 0.2) is 40.9 Å². The average Bonchev–Trinajstić information content (AvgIpc) is 2.46. The Balaban J connectivity index is 2.03. The molecule has 6 heteroatoms. The molecule has 0 atom stereocenters. The molecule has 2 aromatic carbocycles. The van der Waals surface area contributed by atoms with Crippen molar-refractivity contribution >= 4 is 39.1 Å². The summed E-state index contributed by atoms with van der Waals surface area (Å²) < 4.78 is 6.18. The molecule has 0 radical (unpaired) electrons. The number of halogens is 2. The first-order chi connectivity index (χ1) is 10.1. The highest BCUT2D eigenvalue weighted by atomic mass is 79.9. The Morgan fingerprint density at radius 1 is 1.29 bits per heavy atom. The molecular weight excluding hydrogens is 358 g/mol. The average molecular weight is 369 g/mol. The van der Waals surface area contributed by atoms with Gasteiger partial charge in [-0.2, -0.15) is 0 Å². The van der Waals surface area contributed by atoms with Crippen molar-refractivity contribution in [3.05, 3.63) is 51.5 Å². The zero-order valence-corrected chi connectivity index (χ0v) is 13.4. The van der Waals surface area contributed by atoms with E-state index in [4.69, 9.17) is 21.2 Å². The van der Waals surface area contributed by atoms with Crippen LogP contribution in [0.3, 0.4) is 0 Å². The van der Waals surface area contributed by atoms with E-state index < -0.39 is 0 Å². The van der Waals surface area contributed by atoms with Crippen molar-refractivity contribution in [2.75, 3.05) is 12.2 Å². The Morgan fingerprint density at radius 2 is 2.10 bits per heavy atom. The fourth-order valence-corrected chi connectivity index (χ4v) is 2.74. The van der Waals surface area contributed by atoms with Crippen LogP contribution < -0.4 is 14.6 Å². The zero-order chi connectivity index (χ0) is 15.0. The predicted octanol–water partition coefficient (Wildman–Crippen LogP) is 3.99. The van der Waals surface area contributed by atoms with Crippen LogP contribution in [-0.4, -0.2) is 13.0 Å². The number of hydroxylamine groups is 1. The summed E-state index contributed by atoms with van der Waals surface area (Å²) in [6.07, 6.45) is 0.254. The highest BCUT2D eigenvalue weighted by Gasteiger charge is 2.28. The van der Waals surface area contributed by atoms with Gasteiger partial charge >= 0.3 is 0 Å². The topological polar surface area (TPSA) is 38.8 Å². The highest BCUT2D eigenvalue weighted by Crippen LogP contribution is 2.36. The first kappa shape index (κ1) is 14.2. The van der Waals surface area contributed by atoms with Crippen LogP contribution in [0.5, 0.6) is 11.5 Å². The minimum absolute atomic E-state index is 0.179. The SMILES string of the molecule is COc1ccc(Cl)cc1N1Oc2ccc(Br)cc2CC1=O. The molecule has 0 spiro atoms. The maximum Gasteiger partial charge on any atom is 0.264 e. The number of hydrogen-bond acceptors (Lipinski definition) is 3. The first-order valence-corrected chi connectivity index (χ1v) is 7.38. The van der Waals surface area contributed by atoms with Crippen molar-refractivity contribution in [2.24, 2.45) is 0 Å². The number of hydrogen-bond donors (Lipinski definition) is 0. The van der Waals surface area contributed by atoms with Crippen molar-refractivity contribution in [1.82, 2.24) is 0 Å². The van der Waals surface area contributed by atoms with E-state index in [1.807, 2.05) is 18.2 Å². The molecule has 1 aliphatic heterocycles. The molecule has 1 amide bonds. The van der Waals surface area contributed by atoms with Gasteiger partial charge in [0.15, 0.2) is 5.75 Å². The molecule has 1 aliphatic rings. The Morgan fingerprint density at radius 3 is 2.86 bits per heavy atom. The number of nitrogens with zero attached hydrogens (tertiary/aromatic N) is 1. The molecule has 0 fully saturated rings. The summed E-state index contributed by atoms with van der Waals surface area (Å²) in [5, 5.41) is 1.73. The normalized spacial score (nSPS) is 13.7. The summed E-state index contributed by atoms with van der Waals surface area (Å²) in [6, 6.07) is 10.6. The number of amides is 1. The maximum atomic E-state index is 12.3. The molecule has 3 rings (SSSR count). The van der Waals surface area contributed by atoms with Gasteiger partial charge in [-0.05, 0) is 36.4 Å². The Hall–Kier alpha value is -1.72. The number of carbonyl (C=O) groups is 1. The molecule has 21 heavy (non-hydrogen) atoms. The van der Waals surface area contributed by atoms with Crippen LogP contribution in [0.2, 0.25) is 5.02 Å². The van der Waals surface area contributed by atoms with Gasteiger partial charge < -0.3 is 9.57 Å². The Kier molecular flexibility index (Phi) is 3.78. The summed E-state index contributed by atoms with van der Waals surface area (Å²) >= 11 is 9.39. The van der Waals surface area contributed by atoms with Crippen LogP contribution in [0.4, 0.5) is 5.69 Å². The second-order valence-electron chi connectivity index (χ2n) is 4.52. The number of anilines is 1. The van der Waals surface area contributed by atoms with Gasteiger partial charge in [0, 0.05) is 15.1 Å². The number of ether oxygens (including phenoxy) is 1. The Bertz CT molecular complexity index is 720. The molecular formula is C15H11BrClNO3. The lowest BCUT2D eigenvalue weighted by molar-refractivity contribution is -0.123. The Labute approximate surface area is 135 Å². The van der Waals surface area contributed by atoms with Crippen molar-refractivity contribution in [1.29, 1.82) is 0 Å². The van der Waals surface area contributed by atoms with Gasteiger partial charge in [0.1, 0.15) is 11.4 Å². The fourth-order valence-electron chi connectivity index (χ4n) is 2.16. The van der Waals surface area contributed by atoms with Crippen molar-refractivity contribution in [3.63, 3.8) is 0 Å². The van der Waals surface area contributed by atoms with Crippen molar-refractivity contribution in [2.45, 2.75) is 6.42 Å². The lowest BCUT2D eigenvalue weighted by atomic mass is 10.1. The molecule has 2 aromatic rings. The summed E-state index contributed by atoms with van der Waals surface area (Å²) in [5.41, 5.74) is 1.33. The van der Waals surface area contributed by atoms with E-state index in [9.17, 15) is 4.79 Å². The highest BCUT2D eigenvalue weighted by molar-refractivity contribution is 9.10. The van der Waals surface area contributed by atoms with E-state index in [0.717, 1.165) is 10.0 Å². The largest absolute Gasteiger partial charge is 0.494 e. The zero-order valence-electron chi connectivity index (χ0n) is 11.1. The monoisotopic (exact) mass is 367 g/mol. The van der Waals surface area contributed by atoms with E-state index >= 15 is 0 Å². The molecule has 0 aliphatic carbocycles. The standard InChI is InChI=1S/C15H11BrClNO3/c1-20-14-5-3-11(17)8-12(14)18-15(19)7-9-6-10(16)2-4-13(9)21-18/h2-6,8H,7H2,1H3. The smallest absolute Gasteiger partial charge is 0.264 e. The predicted molar refractivity (Wildman–Crippen MR) is 84.0 cm³/mol.